The van der Waals surface area contributed by atoms with Gasteiger partial charge in [-0.3, -0.25) is 10.1 Å². The van der Waals surface area contributed by atoms with Crippen LogP contribution < -0.4 is 5.32 Å². The molecule has 5 nitrogen and oxygen atoms in total. The number of carbonyl (C=O) groups excluding carboxylic acids is 2. The van der Waals surface area contributed by atoms with Gasteiger partial charge in [-0.25, -0.2) is 4.79 Å². The van der Waals surface area contributed by atoms with Gasteiger partial charge < -0.3 is 9.47 Å². The average molecular weight is 330 g/mol. The van der Waals surface area contributed by atoms with Gasteiger partial charge in [0.15, 0.2) is 5.72 Å². The van der Waals surface area contributed by atoms with Crippen LogP contribution in [-0.2, 0) is 20.9 Å². The maximum atomic E-state index is 11.6. The van der Waals surface area contributed by atoms with Gasteiger partial charge >= 0.3 is 12.1 Å². The van der Waals surface area contributed by atoms with Crippen LogP contribution in [0.2, 0.25) is 0 Å². The number of alkyl halides is 1. The number of hydrogen-bond acceptors (Lipinski definition) is 4. The standard InChI is InChI=1S/C13H16BrNO4/c1-10(16)19-13(2,9-14)15-12(17)18-8-11-6-4-3-5-7-11/h3-7H,8-9H2,1-2H3,(H,15,17)/t13-/m0/s1. The summed E-state index contributed by atoms with van der Waals surface area (Å²) in [6, 6.07) is 9.30. The summed E-state index contributed by atoms with van der Waals surface area (Å²) in [5, 5.41) is 2.76. The minimum absolute atomic E-state index is 0.158. The van der Waals surface area contributed by atoms with Crippen molar-refractivity contribution in [3.05, 3.63) is 35.9 Å². The summed E-state index contributed by atoms with van der Waals surface area (Å²) in [7, 11) is 0. The summed E-state index contributed by atoms with van der Waals surface area (Å²) < 4.78 is 10.1. The third kappa shape index (κ3) is 5.74. The van der Waals surface area contributed by atoms with Crippen molar-refractivity contribution in [3.8, 4) is 0 Å². The second-order valence-corrected chi connectivity index (χ2v) is 4.71. The summed E-state index contributed by atoms with van der Waals surface area (Å²) in [4.78, 5) is 22.6. The molecule has 0 radical (unpaired) electrons. The highest BCUT2D eigenvalue weighted by molar-refractivity contribution is 9.09. The Labute approximate surface area is 120 Å². The topological polar surface area (TPSA) is 64.6 Å². The first kappa shape index (κ1) is 15.5. The van der Waals surface area contributed by atoms with E-state index in [2.05, 4.69) is 21.2 Å². The van der Waals surface area contributed by atoms with Crippen molar-refractivity contribution in [2.45, 2.75) is 26.2 Å². The molecule has 6 heteroatoms. The van der Waals surface area contributed by atoms with Crippen molar-refractivity contribution < 1.29 is 19.1 Å². The number of nitrogens with one attached hydrogen (secondary N) is 1. The van der Waals surface area contributed by atoms with Crippen LogP contribution in [0.5, 0.6) is 0 Å². The van der Waals surface area contributed by atoms with Gasteiger partial charge in [-0.05, 0) is 12.5 Å². The molecule has 0 fully saturated rings. The minimum atomic E-state index is -1.13. The first-order valence-electron chi connectivity index (χ1n) is 5.69. The molecular weight excluding hydrogens is 314 g/mol. The molecule has 0 saturated carbocycles. The molecule has 19 heavy (non-hydrogen) atoms. The second-order valence-electron chi connectivity index (χ2n) is 4.14. The summed E-state index contributed by atoms with van der Waals surface area (Å²) in [5.41, 5.74) is -0.245. The van der Waals surface area contributed by atoms with E-state index in [1.807, 2.05) is 30.3 Å². The monoisotopic (exact) mass is 329 g/mol. The normalized spacial score (nSPS) is 13.2. The molecule has 0 aliphatic heterocycles. The maximum absolute atomic E-state index is 11.6. The van der Waals surface area contributed by atoms with Crippen LogP contribution in [0.1, 0.15) is 19.4 Å². The van der Waals surface area contributed by atoms with Gasteiger partial charge in [0.05, 0.1) is 5.33 Å². The van der Waals surface area contributed by atoms with Crippen molar-refractivity contribution >= 4 is 28.0 Å². The quantitative estimate of drug-likeness (QED) is 0.512. The van der Waals surface area contributed by atoms with E-state index in [1.54, 1.807) is 6.92 Å². The van der Waals surface area contributed by atoms with Crippen molar-refractivity contribution in [3.63, 3.8) is 0 Å². The Morgan fingerprint density at radius 1 is 1.32 bits per heavy atom. The Bertz CT molecular complexity index is 438. The third-order valence-corrected chi connectivity index (χ3v) is 3.27. The molecule has 1 amide bonds. The lowest BCUT2D eigenvalue weighted by Crippen LogP contribution is -2.50. The minimum Gasteiger partial charge on any atom is -0.445 e. The highest BCUT2D eigenvalue weighted by atomic mass is 79.9. The van der Waals surface area contributed by atoms with E-state index in [-0.39, 0.29) is 11.9 Å². The zero-order valence-corrected chi connectivity index (χ0v) is 12.4. The molecule has 1 rings (SSSR count). The highest BCUT2D eigenvalue weighted by Crippen LogP contribution is 2.11. The fraction of sp³-hybridized carbons (Fsp3) is 0.385. The smallest absolute Gasteiger partial charge is 0.410 e. The van der Waals surface area contributed by atoms with Crippen LogP contribution in [0.4, 0.5) is 4.79 Å². The van der Waals surface area contributed by atoms with Crippen LogP contribution >= 0.6 is 15.9 Å². The number of carbonyl (C=O) groups is 2. The van der Waals surface area contributed by atoms with Crippen LogP contribution in [0.15, 0.2) is 30.3 Å². The van der Waals surface area contributed by atoms with E-state index in [1.165, 1.54) is 6.92 Å². The molecule has 0 heterocycles. The van der Waals surface area contributed by atoms with Gasteiger partial charge in [0, 0.05) is 6.92 Å². The number of alkyl carbamates (subject to hydrolysis) is 1. The Kier molecular flexibility index (Phi) is 5.82. The number of ether oxygens (including phenoxy) is 2. The van der Waals surface area contributed by atoms with Crippen molar-refractivity contribution in [2.75, 3.05) is 5.33 Å². The molecular formula is C13H16BrNO4. The van der Waals surface area contributed by atoms with Crippen molar-refractivity contribution in [1.29, 1.82) is 0 Å². The van der Waals surface area contributed by atoms with E-state index < -0.39 is 17.8 Å². The predicted molar refractivity (Wildman–Crippen MR) is 73.7 cm³/mol. The molecule has 0 saturated heterocycles. The van der Waals surface area contributed by atoms with Gasteiger partial charge in [0.25, 0.3) is 0 Å². The zero-order valence-electron chi connectivity index (χ0n) is 10.8. The first-order valence-corrected chi connectivity index (χ1v) is 6.82. The third-order valence-electron chi connectivity index (χ3n) is 2.20. The molecule has 0 spiro atoms. The van der Waals surface area contributed by atoms with E-state index >= 15 is 0 Å². The van der Waals surface area contributed by atoms with Gasteiger partial charge in [0.2, 0.25) is 0 Å². The molecule has 1 atom stereocenters. The number of halogens is 1. The molecule has 0 aliphatic carbocycles. The van der Waals surface area contributed by atoms with E-state index in [9.17, 15) is 9.59 Å². The molecule has 1 aromatic carbocycles. The Hall–Kier alpha value is -1.56. The SMILES string of the molecule is CC(=O)O[C@@](C)(CBr)NC(=O)OCc1ccccc1. The maximum Gasteiger partial charge on any atom is 0.410 e. The van der Waals surface area contributed by atoms with Crippen LogP contribution in [0, 0.1) is 0 Å². The second kappa shape index (κ2) is 7.13. The number of amides is 1. The molecule has 1 N–H and O–H groups in total. The summed E-state index contributed by atoms with van der Waals surface area (Å²) in [6.07, 6.45) is -0.646. The van der Waals surface area contributed by atoms with E-state index in [4.69, 9.17) is 9.47 Å². The van der Waals surface area contributed by atoms with Gasteiger partial charge in [-0.2, -0.15) is 0 Å². The number of hydrogen-bond donors (Lipinski definition) is 1. The fourth-order valence-electron chi connectivity index (χ4n) is 1.38. The lowest BCUT2D eigenvalue weighted by atomic mass is 10.2. The first-order chi connectivity index (χ1) is 8.95. The molecule has 0 aromatic heterocycles. The highest BCUT2D eigenvalue weighted by Gasteiger charge is 2.29. The van der Waals surface area contributed by atoms with Crippen LogP contribution in [0.3, 0.4) is 0 Å². The molecule has 0 unspecified atom stereocenters. The summed E-state index contributed by atoms with van der Waals surface area (Å²) >= 11 is 3.18. The molecule has 0 bridgehead atoms. The van der Waals surface area contributed by atoms with Gasteiger partial charge in [-0.1, -0.05) is 46.3 Å². The Morgan fingerprint density at radius 3 is 2.47 bits per heavy atom. The number of rotatable bonds is 5. The number of benzene rings is 1. The number of esters is 1. The Morgan fingerprint density at radius 2 is 1.95 bits per heavy atom. The largest absolute Gasteiger partial charge is 0.445 e. The summed E-state index contributed by atoms with van der Waals surface area (Å²) in [5.74, 6) is -0.481. The zero-order chi connectivity index (χ0) is 14.3. The van der Waals surface area contributed by atoms with E-state index in [0.29, 0.717) is 0 Å². The van der Waals surface area contributed by atoms with Gasteiger partial charge in [-0.15, -0.1) is 0 Å². The van der Waals surface area contributed by atoms with Crippen molar-refractivity contribution in [2.24, 2.45) is 0 Å². The predicted octanol–water partition coefficient (Wildman–Crippen LogP) is 2.59. The van der Waals surface area contributed by atoms with Crippen molar-refractivity contribution in [1.82, 2.24) is 5.32 Å². The van der Waals surface area contributed by atoms with Crippen LogP contribution in [-0.4, -0.2) is 23.1 Å². The van der Waals surface area contributed by atoms with Crippen LogP contribution in [0.25, 0.3) is 0 Å². The van der Waals surface area contributed by atoms with Gasteiger partial charge in [0.1, 0.15) is 6.61 Å². The molecule has 0 aliphatic rings. The lowest BCUT2D eigenvalue weighted by molar-refractivity contribution is -0.155. The fourth-order valence-corrected chi connectivity index (χ4v) is 1.63. The average Bonchev–Trinajstić information content (AvgIpc) is 2.36. The lowest BCUT2D eigenvalue weighted by Gasteiger charge is -2.27. The summed E-state index contributed by atoms with van der Waals surface area (Å²) in [6.45, 7) is 3.01. The van der Waals surface area contributed by atoms with E-state index in [0.717, 1.165) is 5.56 Å². The molecule has 104 valence electrons. The molecule has 1 aromatic rings. The Balaban J connectivity index is 2.47.